The standard InChI is InChI=1S/C7H17N3/c1-4-9-10-5-7(8)6(2)3/h5-6,9-10H,4,8H2,1-3H3/b7-5-. The highest BCUT2D eigenvalue weighted by Gasteiger charge is 1.93. The minimum atomic E-state index is 0.408. The largest absolute Gasteiger partial charge is 0.401 e. The molecule has 0 aliphatic heterocycles. The SMILES string of the molecule is CCNN/C=C(\N)C(C)C. The topological polar surface area (TPSA) is 50.1 Å². The highest BCUT2D eigenvalue weighted by molar-refractivity contribution is 4.96. The smallest absolute Gasteiger partial charge is 0.0315 e. The summed E-state index contributed by atoms with van der Waals surface area (Å²) in [6.07, 6.45) is 1.79. The van der Waals surface area contributed by atoms with Gasteiger partial charge in [-0.05, 0) is 5.92 Å². The van der Waals surface area contributed by atoms with Crippen LogP contribution >= 0.6 is 0 Å². The molecule has 0 spiro atoms. The van der Waals surface area contributed by atoms with Gasteiger partial charge in [-0.3, -0.25) is 0 Å². The summed E-state index contributed by atoms with van der Waals surface area (Å²) in [5.41, 5.74) is 12.3. The van der Waals surface area contributed by atoms with E-state index in [1.165, 1.54) is 0 Å². The molecule has 0 unspecified atom stereocenters. The van der Waals surface area contributed by atoms with Gasteiger partial charge < -0.3 is 11.2 Å². The van der Waals surface area contributed by atoms with E-state index >= 15 is 0 Å². The maximum atomic E-state index is 5.62. The van der Waals surface area contributed by atoms with Crippen LogP contribution < -0.4 is 16.6 Å². The van der Waals surface area contributed by atoms with Crippen LogP contribution in [0, 0.1) is 5.92 Å². The van der Waals surface area contributed by atoms with E-state index < -0.39 is 0 Å². The Hall–Kier alpha value is -0.700. The Kier molecular flexibility index (Phi) is 4.76. The molecule has 3 heteroatoms. The van der Waals surface area contributed by atoms with Crippen LogP contribution in [-0.2, 0) is 0 Å². The Morgan fingerprint density at radius 3 is 2.60 bits per heavy atom. The van der Waals surface area contributed by atoms with Gasteiger partial charge in [-0.25, -0.2) is 5.43 Å². The van der Waals surface area contributed by atoms with Gasteiger partial charge in [0.2, 0.25) is 0 Å². The Bertz CT molecular complexity index is 107. The van der Waals surface area contributed by atoms with Gasteiger partial charge in [0.05, 0.1) is 0 Å². The Balaban J connectivity index is 3.48. The molecule has 0 aliphatic carbocycles. The van der Waals surface area contributed by atoms with Gasteiger partial charge in [0.15, 0.2) is 0 Å². The lowest BCUT2D eigenvalue weighted by Crippen LogP contribution is -2.27. The maximum Gasteiger partial charge on any atom is 0.0315 e. The highest BCUT2D eigenvalue weighted by atomic mass is 15.3. The number of nitrogens with two attached hydrogens (primary N) is 1. The highest BCUT2D eigenvalue weighted by Crippen LogP contribution is 1.98. The summed E-state index contributed by atoms with van der Waals surface area (Å²) >= 11 is 0. The average Bonchev–Trinajstić information content (AvgIpc) is 1.88. The van der Waals surface area contributed by atoms with Crippen molar-refractivity contribution in [1.29, 1.82) is 0 Å². The van der Waals surface area contributed by atoms with E-state index in [1.807, 2.05) is 6.92 Å². The number of allylic oxidation sites excluding steroid dienone is 1. The second kappa shape index (κ2) is 5.11. The molecule has 3 nitrogen and oxygen atoms in total. The third-order valence-electron chi connectivity index (χ3n) is 1.18. The van der Waals surface area contributed by atoms with Crippen molar-refractivity contribution in [2.75, 3.05) is 6.54 Å². The molecule has 0 aromatic rings. The van der Waals surface area contributed by atoms with Crippen molar-refractivity contribution in [3.05, 3.63) is 11.9 Å². The van der Waals surface area contributed by atoms with Gasteiger partial charge >= 0.3 is 0 Å². The molecule has 0 rings (SSSR count). The maximum absolute atomic E-state index is 5.62. The normalized spacial score (nSPS) is 12.2. The van der Waals surface area contributed by atoms with Crippen molar-refractivity contribution in [3.8, 4) is 0 Å². The minimum Gasteiger partial charge on any atom is -0.401 e. The van der Waals surface area contributed by atoms with Crippen LogP contribution in [0.4, 0.5) is 0 Å². The lowest BCUT2D eigenvalue weighted by Gasteiger charge is -2.05. The fraction of sp³-hybridized carbons (Fsp3) is 0.714. The van der Waals surface area contributed by atoms with Crippen LogP contribution in [0.2, 0.25) is 0 Å². The number of hydrogen-bond acceptors (Lipinski definition) is 3. The third kappa shape index (κ3) is 4.21. The molecule has 0 aromatic heterocycles. The Morgan fingerprint density at radius 1 is 1.60 bits per heavy atom. The lowest BCUT2D eigenvalue weighted by molar-refractivity contribution is 0.637. The van der Waals surface area contributed by atoms with Crippen molar-refractivity contribution in [3.63, 3.8) is 0 Å². The first kappa shape index (κ1) is 9.30. The van der Waals surface area contributed by atoms with Crippen molar-refractivity contribution in [1.82, 2.24) is 10.9 Å². The molecule has 0 atom stereocenters. The van der Waals surface area contributed by atoms with E-state index in [-0.39, 0.29) is 0 Å². The molecule has 0 amide bonds. The van der Waals surface area contributed by atoms with Crippen molar-refractivity contribution >= 4 is 0 Å². The Labute approximate surface area is 62.6 Å². The zero-order chi connectivity index (χ0) is 7.98. The molecular formula is C7H17N3. The van der Waals surface area contributed by atoms with Crippen LogP contribution in [-0.4, -0.2) is 6.54 Å². The van der Waals surface area contributed by atoms with E-state index in [0.29, 0.717) is 5.92 Å². The second-order valence-corrected chi connectivity index (χ2v) is 2.47. The zero-order valence-electron chi connectivity index (χ0n) is 6.94. The lowest BCUT2D eigenvalue weighted by atomic mass is 10.2. The zero-order valence-corrected chi connectivity index (χ0v) is 6.94. The monoisotopic (exact) mass is 143 g/mol. The van der Waals surface area contributed by atoms with E-state index in [4.69, 9.17) is 5.73 Å². The molecule has 4 N–H and O–H groups in total. The average molecular weight is 143 g/mol. The van der Waals surface area contributed by atoms with Gasteiger partial charge in [0.1, 0.15) is 0 Å². The van der Waals surface area contributed by atoms with Crippen molar-refractivity contribution < 1.29 is 0 Å². The van der Waals surface area contributed by atoms with E-state index in [2.05, 4.69) is 24.7 Å². The summed E-state index contributed by atoms with van der Waals surface area (Å²) in [4.78, 5) is 0. The summed E-state index contributed by atoms with van der Waals surface area (Å²) in [7, 11) is 0. The molecule has 0 radical (unpaired) electrons. The van der Waals surface area contributed by atoms with Crippen LogP contribution in [0.1, 0.15) is 20.8 Å². The molecule has 0 aliphatic rings. The molecular weight excluding hydrogens is 126 g/mol. The van der Waals surface area contributed by atoms with Crippen LogP contribution in [0.3, 0.4) is 0 Å². The van der Waals surface area contributed by atoms with Gasteiger partial charge in [-0.15, -0.1) is 0 Å². The molecule has 60 valence electrons. The number of hydrazine groups is 1. The minimum absolute atomic E-state index is 0.408. The first-order valence-electron chi connectivity index (χ1n) is 3.62. The summed E-state index contributed by atoms with van der Waals surface area (Å²) in [6.45, 7) is 7.02. The van der Waals surface area contributed by atoms with Crippen LogP contribution in [0.5, 0.6) is 0 Å². The molecule has 10 heavy (non-hydrogen) atoms. The van der Waals surface area contributed by atoms with Gasteiger partial charge in [0.25, 0.3) is 0 Å². The van der Waals surface area contributed by atoms with Gasteiger partial charge in [0, 0.05) is 18.4 Å². The molecule has 0 fully saturated rings. The third-order valence-corrected chi connectivity index (χ3v) is 1.18. The molecule has 0 heterocycles. The molecule has 0 saturated carbocycles. The summed E-state index contributed by atoms with van der Waals surface area (Å²) in [5.74, 6) is 0.408. The summed E-state index contributed by atoms with van der Waals surface area (Å²) in [5, 5.41) is 0. The van der Waals surface area contributed by atoms with E-state index in [0.717, 1.165) is 12.2 Å². The number of nitrogens with one attached hydrogen (secondary N) is 2. The first-order valence-corrected chi connectivity index (χ1v) is 3.62. The first-order chi connectivity index (χ1) is 4.68. The van der Waals surface area contributed by atoms with Gasteiger partial charge in [-0.2, -0.15) is 0 Å². The van der Waals surface area contributed by atoms with Crippen molar-refractivity contribution in [2.24, 2.45) is 11.7 Å². The summed E-state index contributed by atoms with van der Waals surface area (Å²) < 4.78 is 0. The molecule has 0 aromatic carbocycles. The predicted molar refractivity (Wildman–Crippen MR) is 43.9 cm³/mol. The molecule has 0 saturated heterocycles. The van der Waals surface area contributed by atoms with Crippen molar-refractivity contribution in [2.45, 2.75) is 20.8 Å². The number of rotatable bonds is 4. The Morgan fingerprint density at radius 2 is 2.20 bits per heavy atom. The molecule has 0 bridgehead atoms. The van der Waals surface area contributed by atoms with Gasteiger partial charge in [-0.1, -0.05) is 20.8 Å². The number of hydrogen-bond donors (Lipinski definition) is 3. The second-order valence-electron chi connectivity index (χ2n) is 2.47. The quantitative estimate of drug-likeness (QED) is 0.398. The fourth-order valence-corrected chi connectivity index (χ4v) is 0.403. The van der Waals surface area contributed by atoms with E-state index in [1.54, 1.807) is 6.20 Å². The van der Waals surface area contributed by atoms with Crippen LogP contribution in [0.25, 0.3) is 0 Å². The predicted octanol–water partition coefficient (Wildman–Crippen LogP) is 0.557. The van der Waals surface area contributed by atoms with E-state index in [9.17, 15) is 0 Å². The fourth-order valence-electron chi connectivity index (χ4n) is 0.403. The summed E-state index contributed by atoms with van der Waals surface area (Å²) in [6, 6.07) is 0. The van der Waals surface area contributed by atoms with Crippen LogP contribution in [0.15, 0.2) is 11.9 Å².